The van der Waals surface area contributed by atoms with Crippen LogP contribution < -0.4 is 0 Å². The van der Waals surface area contributed by atoms with Crippen molar-refractivity contribution in [2.45, 2.75) is 0 Å². The van der Waals surface area contributed by atoms with Crippen LogP contribution in [0.3, 0.4) is 0 Å². The first-order valence-corrected chi connectivity index (χ1v) is 5.90. The molecule has 0 spiro atoms. The van der Waals surface area contributed by atoms with Crippen LogP contribution in [0.25, 0.3) is 10.8 Å². The van der Waals surface area contributed by atoms with Gasteiger partial charge in [0.25, 0.3) is 0 Å². The van der Waals surface area contributed by atoms with Crippen LogP contribution in [0.1, 0.15) is 15.9 Å². The highest BCUT2D eigenvalue weighted by Gasteiger charge is 2.08. The third kappa shape index (κ3) is 1.84. The van der Waals surface area contributed by atoms with Gasteiger partial charge in [-0.2, -0.15) is 5.26 Å². The maximum absolute atomic E-state index is 11.7. The number of nitrogens with zero attached hydrogens (tertiary/aromatic N) is 1. The van der Waals surface area contributed by atoms with Crippen molar-refractivity contribution in [1.29, 1.82) is 5.26 Å². The number of fused-ring (bicyclic) bond motifs is 1. The molecule has 0 aliphatic rings. The fourth-order valence-corrected chi connectivity index (χ4v) is 1.96. The van der Waals surface area contributed by atoms with Gasteiger partial charge in [0.15, 0.2) is 5.78 Å². The van der Waals surface area contributed by atoms with E-state index in [9.17, 15) is 4.79 Å². The van der Waals surface area contributed by atoms with Crippen molar-refractivity contribution in [2.24, 2.45) is 0 Å². The molecule has 0 N–H and O–H groups in total. The summed E-state index contributed by atoms with van der Waals surface area (Å²) in [5.74, 6) is 0.0284. The lowest BCUT2D eigenvalue weighted by Gasteiger charge is -2.04. The molecule has 0 atom stereocenters. The predicted octanol–water partition coefficient (Wildman–Crippen LogP) is 3.29. The van der Waals surface area contributed by atoms with E-state index in [0.29, 0.717) is 16.5 Å². The van der Waals surface area contributed by atoms with Gasteiger partial charge in [-0.05, 0) is 22.9 Å². The first-order chi connectivity index (χ1) is 7.76. The number of hydrogen-bond donors (Lipinski definition) is 0. The molecule has 0 heterocycles. The van der Waals surface area contributed by atoms with Gasteiger partial charge in [0.05, 0.1) is 17.0 Å². The number of nitriles is 1. The van der Waals surface area contributed by atoms with Gasteiger partial charge in [-0.15, -0.1) is 0 Å². The highest BCUT2D eigenvalue weighted by molar-refractivity contribution is 9.09. The Morgan fingerprint density at radius 2 is 2.12 bits per heavy atom. The summed E-state index contributed by atoms with van der Waals surface area (Å²) in [4.78, 5) is 11.7. The van der Waals surface area contributed by atoms with E-state index in [-0.39, 0.29) is 5.78 Å². The molecule has 16 heavy (non-hydrogen) atoms. The van der Waals surface area contributed by atoms with Crippen molar-refractivity contribution in [3.05, 3.63) is 47.5 Å². The van der Waals surface area contributed by atoms with E-state index in [1.165, 1.54) is 0 Å². The third-order valence-corrected chi connectivity index (χ3v) is 2.94. The summed E-state index contributed by atoms with van der Waals surface area (Å²) in [6.45, 7) is 0. The van der Waals surface area contributed by atoms with E-state index in [2.05, 4.69) is 22.0 Å². The summed E-state index contributed by atoms with van der Waals surface area (Å²) in [6, 6.07) is 13.0. The van der Waals surface area contributed by atoms with Gasteiger partial charge in [-0.1, -0.05) is 40.2 Å². The molecule has 2 nitrogen and oxygen atoms in total. The monoisotopic (exact) mass is 273 g/mol. The second-order valence-electron chi connectivity index (χ2n) is 3.41. The molecule has 0 fully saturated rings. The molecule has 0 aliphatic carbocycles. The van der Waals surface area contributed by atoms with Crippen LogP contribution in [0.2, 0.25) is 0 Å². The van der Waals surface area contributed by atoms with E-state index < -0.39 is 0 Å². The number of carbonyl (C=O) groups is 1. The van der Waals surface area contributed by atoms with Crippen LogP contribution in [-0.4, -0.2) is 11.1 Å². The van der Waals surface area contributed by atoms with Gasteiger partial charge in [0.1, 0.15) is 0 Å². The number of alkyl halides is 1. The number of benzene rings is 2. The molecule has 0 aliphatic heterocycles. The number of halogens is 1. The molecule has 2 rings (SSSR count). The topological polar surface area (TPSA) is 40.9 Å². The Morgan fingerprint density at radius 3 is 2.81 bits per heavy atom. The van der Waals surface area contributed by atoms with Crippen LogP contribution in [0.15, 0.2) is 36.4 Å². The average Bonchev–Trinajstić information content (AvgIpc) is 2.36. The van der Waals surface area contributed by atoms with E-state index in [1.54, 1.807) is 18.2 Å². The predicted molar refractivity (Wildman–Crippen MR) is 66.8 cm³/mol. The van der Waals surface area contributed by atoms with E-state index in [4.69, 9.17) is 5.26 Å². The fraction of sp³-hybridized carbons (Fsp3) is 0.0769. The number of Topliss-reactive ketones (excluding diaryl/α,β-unsaturated/α-hetero) is 1. The molecule has 0 aromatic heterocycles. The van der Waals surface area contributed by atoms with Crippen molar-refractivity contribution >= 4 is 32.5 Å². The fourth-order valence-electron chi connectivity index (χ4n) is 1.66. The smallest absolute Gasteiger partial charge is 0.173 e. The second kappa shape index (κ2) is 4.46. The molecule has 0 amide bonds. The summed E-state index contributed by atoms with van der Waals surface area (Å²) in [5.41, 5.74) is 1.23. The molecule has 0 saturated heterocycles. The zero-order chi connectivity index (χ0) is 11.5. The van der Waals surface area contributed by atoms with Crippen LogP contribution >= 0.6 is 15.9 Å². The van der Waals surface area contributed by atoms with Gasteiger partial charge in [0, 0.05) is 5.56 Å². The maximum atomic E-state index is 11.7. The number of rotatable bonds is 2. The van der Waals surface area contributed by atoms with Gasteiger partial charge in [-0.25, -0.2) is 0 Å². The molecule has 2 aromatic rings. The lowest BCUT2D eigenvalue weighted by molar-refractivity contribution is 0.102. The maximum Gasteiger partial charge on any atom is 0.173 e. The first-order valence-electron chi connectivity index (χ1n) is 4.78. The second-order valence-corrected chi connectivity index (χ2v) is 3.97. The van der Waals surface area contributed by atoms with Crippen molar-refractivity contribution < 1.29 is 4.79 Å². The average molecular weight is 274 g/mol. The number of ketones is 1. The zero-order valence-corrected chi connectivity index (χ0v) is 9.99. The Kier molecular flexibility index (Phi) is 3.02. The van der Waals surface area contributed by atoms with Crippen LogP contribution in [-0.2, 0) is 0 Å². The normalized spacial score (nSPS) is 10.0. The molecule has 0 saturated carbocycles. The highest BCUT2D eigenvalue weighted by atomic mass is 79.9. The summed E-state index contributed by atoms with van der Waals surface area (Å²) in [7, 11) is 0. The standard InChI is InChI=1S/C13H8BrNO/c14-7-13(16)11-3-1-2-10-5-4-9(8-15)6-12(10)11/h1-6H,7H2. The Bertz CT molecular complexity index is 598. The molecular weight excluding hydrogens is 266 g/mol. The molecule has 78 valence electrons. The van der Waals surface area contributed by atoms with Crippen LogP contribution in [0.5, 0.6) is 0 Å². The molecular formula is C13H8BrNO. The first kappa shape index (κ1) is 10.8. The summed E-state index contributed by atoms with van der Waals surface area (Å²) in [5, 5.41) is 11.0. The van der Waals surface area contributed by atoms with E-state index in [0.717, 1.165) is 10.8 Å². The van der Waals surface area contributed by atoms with Crippen molar-refractivity contribution in [2.75, 3.05) is 5.33 Å². The van der Waals surface area contributed by atoms with Gasteiger partial charge in [0.2, 0.25) is 0 Å². The van der Waals surface area contributed by atoms with Gasteiger partial charge < -0.3 is 0 Å². The van der Waals surface area contributed by atoms with E-state index >= 15 is 0 Å². The summed E-state index contributed by atoms with van der Waals surface area (Å²) >= 11 is 3.16. The Balaban J connectivity index is 2.75. The Labute approximate surface area is 102 Å². The lowest BCUT2D eigenvalue weighted by atomic mass is 10.0. The molecule has 0 radical (unpaired) electrons. The highest BCUT2D eigenvalue weighted by Crippen LogP contribution is 2.21. The Hall–Kier alpha value is -1.66. The van der Waals surface area contributed by atoms with E-state index in [1.807, 2.05) is 18.2 Å². The quantitative estimate of drug-likeness (QED) is 0.622. The number of carbonyl (C=O) groups excluding carboxylic acids is 1. The van der Waals surface area contributed by atoms with Crippen molar-refractivity contribution in [1.82, 2.24) is 0 Å². The molecule has 0 unspecified atom stereocenters. The summed E-state index contributed by atoms with van der Waals surface area (Å²) < 4.78 is 0. The third-order valence-electron chi connectivity index (χ3n) is 2.43. The minimum atomic E-state index is 0.0284. The molecule has 0 bridgehead atoms. The van der Waals surface area contributed by atoms with Gasteiger partial charge >= 0.3 is 0 Å². The van der Waals surface area contributed by atoms with Crippen molar-refractivity contribution in [3.8, 4) is 6.07 Å². The SMILES string of the molecule is N#Cc1ccc2cccc(C(=O)CBr)c2c1. The molecule has 3 heteroatoms. The molecule has 2 aromatic carbocycles. The lowest BCUT2D eigenvalue weighted by Crippen LogP contribution is -2.00. The minimum absolute atomic E-state index is 0.0284. The largest absolute Gasteiger partial charge is 0.293 e. The van der Waals surface area contributed by atoms with Gasteiger partial charge in [-0.3, -0.25) is 4.79 Å². The van der Waals surface area contributed by atoms with Crippen LogP contribution in [0.4, 0.5) is 0 Å². The summed E-state index contributed by atoms with van der Waals surface area (Å²) in [6.07, 6.45) is 0. The van der Waals surface area contributed by atoms with Crippen LogP contribution in [0, 0.1) is 11.3 Å². The number of hydrogen-bond acceptors (Lipinski definition) is 2. The Morgan fingerprint density at radius 1 is 1.31 bits per heavy atom. The minimum Gasteiger partial charge on any atom is -0.293 e. The zero-order valence-electron chi connectivity index (χ0n) is 8.40. The van der Waals surface area contributed by atoms with Crippen molar-refractivity contribution in [3.63, 3.8) is 0 Å².